The molecule has 0 aliphatic carbocycles. The second-order valence-corrected chi connectivity index (χ2v) is 8.27. The molecule has 1 unspecified atom stereocenters. The molecule has 1 aliphatic heterocycles. The summed E-state index contributed by atoms with van der Waals surface area (Å²) in [6, 6.07) is 9.96. The monoisotopic (exact) mass is 480 g/mol. The first-order valence-electron chi connectivity index (χ1n) is 8.95. The van der Waals surface area contributed by atoms with E-state index < -0.39 is 5.25 Å². The van der Waals surface area contributed by atoms with Crippen LogP contribution >= 0.6 is 35.0 Å². The molecule has 0 aromatic heterocycles. The van der Waals surface area contributed by atoms with Gasteiger partial charge in [-0.3, -0.25) is 9.59 Å². The Kier molecular flexibility index (Phi) is 7.78. The SMILES string of the molecule is COc1ccc(NC(=O)C2CC(=O)N/C(=N\N=Cc3ccc(Cl)cc3Cl)S2)cc1OC. The molecule has 0 saturated carbocycles. The van der Waals surface area contributed by atoms with E-state index in [1.165, 1.54) is 20.4 Å². The van der Waals surface area contributed by atoms with Gasteiger partial charge in [0.05, 0.1) is 25.5 Å². The smallest absolute Gasteiger partial charge is 0.238 e. The molecule has 2 aromatic carbocycles. The van der Waals surface area contributed by atoms with Crippen LogP contribution in [0.1, 0.15) is 12.0 Å². The van der Waals surface area contributed by atoms with E-state index in [2.05, 4.69) is 20.8 Å². The Labute approximate surface area is 193 Å². The average molecular weight is 481 g/mol. The summed E-state index contributed by atoms with van der Waals surface area (Å²) in [4.78, 5) is 24.7. The summed E-state index contributed by atoms with van der Waals surface area (Å²) in [5, 5.41) is 13.8. The van der Waals surface area contributed by atoms with Crippen LogP contribution in [0.2, 0.25) is 10.0 Å². The fraction of sp³-hybridized carbons (Fsp3) is 0.200. The molecular weight excluding hydrogens is 463 g/mol. The van der Waals surface area contributed by atoms with Crippen LogP contribution < -0.4 is 20.1 Å². The van der Waals surface area contributed by atoms with Crippen LogP contribution in [0.5, 0.6) is 11.5 Å². The molecule has 1 aliphatic rings. The standard InChI is InChI=1S/C20H18Cl2N4O4S/c1-29-15-6-5-13(8-16(15)30-2)24-19(28)17-9-18(27)25-20(31-17)26-23-10-11-3-4-12(21)7-14(11)22/h3-8,10,17H,9H2,1-2H3,(H,24,28)(H,25,26,27). The van der Waals surface area contributed by atoms with E-state index in [0.717, 1.165) is 11.8 Å². The van der Waals surface area contributed by atoms with Gasteiger partial charge in [-0.25, -0.2) is 0 Å². The molecule has 2 aromatic rings. The molecule has 1 saturated heterocycles. The maximum atomic E-state index is 12.7. The molecule has 1 heterocycles. The number of hydrogen-bond donors (Lipinski definition) is 2. The van der Waals surface area contributed by atoms with Gasteiger partial charge in [0, 0.05) is 28.8 Å². The van der Waals surface area contributed by atoms with Gasteiger partial charge in [-0.05, 0) is 24.3 Å². The highest BCUT2D eigenvalue weighted by Crippen LogP contribution is 2.30. The number of nitrogens with zero attached hydrogens (tertiary/aromatic N) is 2. The normalized spacial score (nSPS) is 17.5. The predicted molar refractivity (Wildman–Crippen MR) is 124 cm³/mol. The quantitative estimate of drug-likeness (QED) is 0.481. The third-order valence-corrected chi connectivity index (χ3v) is 5.76. The molecule has 0 radical (unpaired) electrons. The zero-order valence-electron chi connectivity index (χ0n) is 16.5. The van der Waals surface area contributed by atoms with Crippen LogP contribution in [0.3, 0.4) is 0 Å². The molecule has 162 valence electrons. The van der Waals surface area contributed by atoms with Gasteiger partial charge in [0.2, 0.25) is 11.8 Å². The van der Waals surface area contributed by atoms with Gasteiger partial charge in [0.15, 0.2) is 16.7 Å². The summed E-state index contributed by atoms with van der Waals surface area (Å²) >= 11 is 13.1. The molecule has 8 nitrogen and oxygen atoms in total. The lowest BCUT2D eigenvalue weighted by Gasteiger charge is -2.21. The molecule has 31 heavy (non-hydrogen) atoms. The van der Waals surface area contributed by atoms with Crippen molar-refractivity contribution in [1.29, 1.82) is 0 Å². The predicted octanol–water partition coefficient (Wildman–Crippen LogP) is 3.96. The minimum absolute atomic E-state index is 0.00946. The fourth-order valence-electron chi connectivity index (χ4n) is 2.63. The van der Waals surface area contributed by atoms with Crippen molar-refractivity contribution in [1.82, 2.24) is 5.32 Å². The van der Waals surface area contributed by atoms with E-state index in [9.17, 15) is 9.59 Å². The van der Waals surface area contributed by atoms with E-state index in [0.29, 0.717) is 32.8 Å². The summed E-state index contributed by atoms with van der Waals surface area (Å²) in [7, 11) is 3.03. The second kappa shape index (κ2) is 10.5. The highest BCUT2D eigenvalue weighted by atomic mass is 35.5. The Morgan fingerprint density at radius 3 is 2.68 bits per heavy atom. The molecule has 1 fully saturated rings. The Bertz CT molecular complexity index is 1060. The zero-order valence-corrected chi connectivity index (χ0v) is 18.8. The number of amides is 2. The summed E-state index contributed by atoms with van der Waals surface area (Å²) in [6.45, 7) is 0. The molecule has 3 rings (SSSR count). The number of carbonyl (C=O) groups is 2. The third kappa shape index (κ3) is 6.13. The van der Waals surface area contributed by atoms with Gasteiger partial charge in [0.25, 0.3) is 0 Å². The molecule has 11 heteroatoms. The van der Waals surface area contributed by atoms with Crippen molar-refractivity contribution in [3.05, 3.63) is 52.0 Å². The van der Waals surface area contributed by atoms with Gasteiger partial charge in [-0.1, -0.05) is 41.0 Å². The maximum Gasteiger partial charge on any atom is 0.238 e. The number of amidine groups is 1. The van der Waals surface area contributed by atoms with E-state index in [-0.39, 0.29) is 23.4 Å². The Hall–Kier alpha value is -2.75. The van der Waals surface area contributed by atoms with Crippen molar-refractivity contribution >= 4 is 63.8 Å². The minimum Gasteiger partial charge on any atom is -0.493 e. The number of carbonyl (C=O) groups excluding carboxylic acids is 2. The van der Waals surface area contributed by atoms with Gasteiger partial charge in [-0.2, -0.15) is 5.10 Å². The summed E-state index contributed by atoms with van der Waals surface area (Å²) in [5.74, 6) is 0.348. The number of thioether (sulfide) groups is 1. The Morgan fingerprint density at radius 1 is 1.19 bits per heavy atom. The summed E-state index contributed by atoms with van der Waals surface area (Å²) in [5.41, 5.74) is 1.13. The molecule has 1 atom stereocenters. The van der Waals surface area contributed by atoms with E-state index in [4.69, 9.17) is 32.7 Å². The number of halogens is 2. The third-order valence-electron chi connectivity index (χ3n) is 4.12. The van der Waals surface area contributed by atoms with Crippen LogP contribution in [0.15, 0.2) is 46.6 Å². The van der Waals surface area contributed by atoms with Gasteiger partial charge in [-0.15, -0.1) is 5.10 Å². The van der Waals surface area contributed by atoms with Crippen molar-refractivity contribution in [2.75, 3.05) is 19.5 Å². The van der Waals surface area contributed by atoms with Crippen molar-refractivity contribution in [3.63, 3.8) is 0 Å². The Morgan fingerprint density at radius 2 is 1.97 bits per heavy atom. The first-order chi connectivity index (χ1) is 14.9. The van der Waals surface area contributed by atoms with Gasteiger partial charge in [0.1, 0.15) is 5.25 Å². The van der Waals surface area contributed by atoms with Crippen molar-refractivity contribution in [2.24, 2.45) is 10.2 Å². The number of methoxy groups -OCH3 is 2. The number of benzene rings is 2. The molecule has 0 spiro atoms. The number of hydrogen-bond acceptors (Lipinski definition) is 7. The first kappa shape index (κ1) is 22.9. The van der Waals surface area contributed by atoms with Crippen LogP contribution in [-0.4, -0.2) is 42.7 Å². The second-order valence-electron chi connectivity index (χ2n) is 6.23. The van der Waals surface area contributed by atoms with Gasteiger partial charge < -0.3 is 20.1 Å². The van der Waals surface area contributed by atoms with E-state index in [1.807, 2.05) is 0 Å². The topological polar surface area (TPSA) is 101 Å². The lowest BCUT2D eigenvalue weighted by Crippen LogP contribution is -2.41. The highest BCUT2D eigenvalue weighted by molar-refractivity contribution is 8.15. The van der Waals surface area contributed by atoms with E-state index >= 15 is 0 Å². The van der Waals surface area contributed by atoms with Crippen LogP contribution in [0, 0.1) is 0 Å². The number of ether oxygens (including phenoxy) is 2. The van der Waals surface area contributed by atoms with Crippen molar-refractivity contribution in [2.45, 2.75) is 11.7 Å². The van der Waals surface area contributed by atoms with E-state index in [1.54, 1.807) is 36.4 Å². The zero-order chi connectivity index (χ0) is 22.4. The maximum absolute atomic E-state index is 12.7. The first-order valence-corrected chi connectivity index (χ1v) is 10.6. The molecule has 2 N–H and O–H groups in total. The lowest BCUT2D eigenvalue weighted by molar-refractivity contribution is -0.123. The van der Waals surface area contributed by atoms with Crippen molar-refractivity contribution < 1.29 is 19.1 Å². The lowest BCUT2D eigenvalue weighted by atomic mass is 10.2. The number of nitrogens with one attached hydrogen (secondary N) is 2. The highest BCUT2D eigenvalue weighted by Gasteiger charge is 2.30. The molecular formula is C20H18Cl2N4O4S. The average Bonchev–Trinajstić information content (AvgIpc) is 2.74. The number of anilines is 1. The van der Waals surface area contributed by atoms with Gasteiger partial charge >= 0.3 is 0 Å². The largest absolute Gasteiger partial charge is 0.493 e. The molecule has 0 bridgehead atoms. The summed E-state index contributed by atoms with van der Waals surface area (Å²) < 4.78 is 10.4. The van der Waals surface area contributed by atoms with Crippen molar-refractivity contribution in [3.8, 4) is 11.5 Å². The fourth-order valence-corrected chi connectivity index (χ4v) is 4.02. The summed E-state index contributed by atoms with van der Waals surface area (Å²) in [6.07, 6.45) is 1.45. The van der Waals surface area contributed by atoms with Crippen LogP contribution in [0.4, 0.5) is 5.69 Å². The Balaban J connectivity index is 1.68. The number of rotatable bonds is 6. The van der Waals surface area contributed by atoms with Crippen LogP contribution in [-0.2, 0) is 9.59 Å². The van der Waals surface area contributed by atoms with Crippen LogP contribution in [0.25, 0.3) is 0 Å². The minimum atomic E-state index is -0.671. The molecule has 2 amide bonds.